The first-order valence-electron chi connectivity index (χ1n) is 11.2. The Balaban J connectivity index is 1.62. The molecule has 0 unspecified atom stereocenters. The minimum Gasteiger partial charge on any atom is -0.458 e. The van der Waals surface area contributed by atoms with Crippen molar-refractivity contribution >= 4 is 21.8 Å². The molecule has 0 bridgehead atoms. The number of hydrogen-bond donors (Lipinski definition) is 0. The highest BCUT2D eigenvalue weighted by molar-refractivity contribution is 7.92. The van der Waals surface area contributed by atoms with Crippen LogP contribution in [-0.4, -0.2) is 44.1 Å². The molecule has 0 aliphatic carbocycles. The first kappa shape index (κ1) is 25.2. The van der Waals surface area contributed by atoms with Crippen molar-refractivity contribution in [3.05, 3.63) is 102 Å². The second-order valence-electron chi connectivity index (χ2n) is 8.44. The Bertz CT molecular complexity index is 1380. The minimum atomic E-state index is -4.04. The van der Waals surface area contributed by atoms with Crippen molar-refractivity contribution in [1.29, 1.82) is 0 Å². The fourth-order valence-electron chi connectivity index (χ4n) is 3.84. The van der Waals surface area contributed by atoms with Gasteiger partial charge in [0.2, 0.25) is 6.29 Å². The molecule has 0 radical (unpaired) electrons. The Morgan fingerprint density at radius 2 is 1.50 bits per heavy atom. The maximum atomic E-state index is 13.6. The zero-order chi connectivity index (χ0) is 25.8. The summed E-state index contributed by atoms with van der Waals surface area (Å²) >= 11 is 0. The van der Waals surface area contributed by atoms with Crippen LogP contribution in [0.15, 0.2) is 89.8 Å². The fraction of sp³-hybridized carbons (Fsp3) is 0.214. The lowest BCUT2D eigenvalue weighted by Gasteiger charge is -2.23. The first-order valence-corrected chi connectivity index (χ1v) is 12.7. The van der Waals surface area contributed by atoms with Gasteiger partial charge in [0, 0.05) is 6.42 Å². The summed E-state index contributed by atoms with van der Waals surface area (Å²) in [6.07, 6.45) is 4.00. The summed E-state index contributed by atoms with van der Waals surface area (Å²) in [5.74, 6) is 1.03. The Kier molecular flexibility index (Phi) is 7.25. The molecule has 8 heteroatoms. The molecule has 7 nitrogen and oxygen atoms in total. The topological polar surface area (TPSA) is 96.0 Å². The number of sulfone groups is 1. The highest BCUT2D eigenvalue weighted by atomic mass is 32.2. The number of benzene rings is 3. The number of ether oxygens (including phenoxy) is 3. The van der Waals surface area contributed by atoms with E-state index in [0.29, 0.717) is 5.56 Å². The minimum absolute atomic E-state index is 0.0385. The van der Waals surface area contributed by atoms with Gasteiger partial charge in [0.15, 0.2) is 15.4 Å². The zero-order valence-corrected chi connectivity index (χ0v) is 20.3. The van der Waals surface area contributed by atoms with Crippen LogP contribution in [-0.2, 0) is 24.0 Å². The lowest BCUT2D eigenvalue weighted by Crippen LogP contribution is -2.35. The molecule has 3 aromatic rings. The predicted molar refractivity (Wildman–Crippen MR) is 132 cm³/mol. The van der Waals surface area contributed by atoms with E-state index in [1.54, 1.807) is 60.7 Å². The highest BCUT2D eigenvalue weighted by Crippen LogP contribution is 2.38. The van der Waals surface area contributed by atoms with Crippen LogP contribution in [0.2, 0.25) is 0 Å². The molecule has 0 aromatic heterocycles. The molecule has 184 valence electrons. The number of carbonyl (C=O) groups is 2. The molecule has 1 heterocycles. The lowest BCUT2D eigenvalue weighted by atomic mass is 10.0. The average molecular weight is 505 g/mol. The van der Waals surface area contributed by atoms with Crippen LogP contribution in [0.5, 0.6) is 0 Å². The van der Waals surface area contributed by atoms with Crippen molar-refractivity contribution in [2.24, 2.45) is 0 Å². The van der Waals surface area contributed by atoms with Gasteiger partial charge in [-0.05, 0) is 43.3 Å². The molecular weight excluding hydrogens is 480 g/mol. The number of terminal acetylenes is 1. The summed E-state index contributed by atoms with van der Waals surface area (Å²) in [6, 6.07) is 22.7. The van der Waals surface area contributed by atoms with Gasteiger partial charge in [0.05, 0.1) is 16.0 Å². The van der Waals surface area contributed by atoms with Crippen molar-refractivity contribution in [2.75, 3.05) is 6.61 Å². The van der Waals surface area contributed by atoms with E-state index in [2.05, 4.69) is 5.92 Å². The molecule has 3 atom stereocenters. The standard InChI is InChI=1S/C28H24O7S/c1-3-28(19-33-25(29)21-10-6-4-7-11-21)18-24(36(31,32)23-16-14-20(2)15-17-23)27(35-28)34-26(30)22-12-8-5-9-13-22/h1,4-17,24,27H,18-19H2,2H3/t24-,27-,28+/m0/s1. The van der Waals surface area contributed by atoms with E-state index >= 15 is 0 Å². The van der Waals surface area contributed by atoms with Gasteiger partial charge in [-0.2, -0.15) is 0 Å². The zero-order valence-electron chi connectivity index (χ0n) is 19.5. The van der Waals surface area contributed by atoms with E-state index in [-0.39, 0.29) is 16.9 Å². The highest BCUT2D eigenvalue weighted by Gasteiger charge is 2.54. The van der Waals surface area contributed by atoms with Crippen molar-refractivity contribution in [3.63, 3.8) is 0 Å². The molecule has 1 fully saturated rings. The SMILES string of the molecule is C#C[C@]1(COC(=O)c2ccccc2)C[C@H](S(=O)(=O)c2ccc(C)cc2)[C@@H](OC(=O)c2ccccc2)O1. The summed E-state index contributed by atoms with van der Waals surface area (Å²) in [5.41, 5.74) is -0.205. The van der Waals surface area contributed by atoms with Crippen LogP contribution < -0.4 is 0 Å². The van der Waals surface area contributed by atoms with E-state index in [0.717, 1.165) is 5.56 Å². The van der Waals surface area contributed by atoms with Gasteiger partial charge in [-0.25, -0.2) is 18.0 Å². The van der Waals surface area contributed by atoms with Crippen LogP contribution in [0.3, 0.4) is 0 Å². The lowest BCUT2D eigenvalue weighted by molar-refractivity contribution is -0.134. The quantitative estimate of drug-likeness (QED) is 0.355. The van der Waals surface area contributed by atoms with Crippen molar-refractivity contribution in [3.8, 4) is 12.3 Å². The van der Waals surface area contributed by atoms with E-state index in [4.69, 9.17) is 20.6 Å². The van der Waals surface area contributed by atoms with Gasteiger partial charge >= 0.3 is 11.9 Å². The number of aryl methyl sites for hydroxylation is 1. The average Bonchev–Trinajstić information content (AvgIpc) is 3.28. The van der Waals surface area contributed by atoms with E-state index in [1.165, 1.54) is 24.3 Å². The third-order valence-corrected chi connectivity index (χ3v) is 7.98. The smallest absolute Gasteiger partial charge is 0.340 e. The maximum Gasteiger partial charge on any atom is 0.340 e. The second-order valence-corrected chi connectivity index (χ2v) is 10.6. The van der Waals surface area contributed by atoms with E-state index in [9.17, 15) is 18.0 Å². The normalized spacial score (nSPS) is 21.3. The van der Waals surface area contributed by atoms with Gasteiger partial charge < -0.3 is 14.2 Å². The van der Waals surface area contributed by atoms with Crippen LogP contribution >= 0.6 is 0 Å². The Hall–Kier alpha value is -3.93. The third-order valence-electron chi connectivity index (χ3n) is 5.87. The van der Waals surface area contributed by atoms with E-state index < -0.39 is 45.5 Å². The van der Waals surface area contributed by atoms with Crippen molar-refractivity contribution in [2.45, 2.75) is 35.4 Å². The first-order chi connectivity index (χ1) is 17.2. The van der Waals surface area contributed by atoms with Gasteiger partial charge in [-0.3, -0.25) is 0 Å². The maximum absolute atomic E-state index is 13.6. The van der Waals surface area contributed by atoms with Crippen molar-refractivity contribution < 1.29 is 32.2 Å². The molecular formula is C28H24O7S. The van der Waals surface area contributed by atoms with Gasteiger partial charge in [-0.1, -0.05) is 60.0 Å². The van der Waals surface area contributed by atoms with Crippen LogP contribution in [0.4, 0.5) is 0 Å². The van der Waals surface area contributed by atoms with E-state index in [1.807, 2.05) is 6.92 Å². The summed E-state index contributed by atoms with van der Waals surface area (Å²) in [6.45, 7) is 1.42. The summed E-state index contributed by atoms with van der Waals surface area (Å²) < 4.78 is 44.0. The third kappa shape index (κ3) is 5.33. The Morgan fingerprint density at radius 1 is 0.944 bits per heavy atom. The molecule has 0 spiro atoms. The molecule has 0 amide bonds. The molecule has 1 saturated heterocycles. The molecule has 4 rings (SSSR count). The number of carbonyl (C=O) groups excluding carboxylic acids is 2. The van der Waals surface area contributed by atoms with Gasteiger partial charge in [0.1, 0.15) is 11.9 Å². The number of esters is 2. The molecule has 1 aliphatic rings. The molecule has 0 N–H and O–H groups in total. The fourth-order valence-corrected chi connectivity index (χ4v) is 5.60. The van der Waals surface area contributed by atoms with Crippen LogP contribution in [0.25, 0.3) is 0 Å². The van der Waals surface area contributed by atoms with Gasteiger partial charge in [-0.15, -0.1) is 6.42 Å². The van der Waals surface area contributed by atoms with Crippen LogP contribution in [0.1, 0.15) is 32.7 Å². The van der Waals surface area contributed by atoms with Gasteiger partial charge in [0.25, 0.3) is 0 Å². The molecule has 0 saturated carbocycles. The number of hydrogen-bond acceptors (Lipinski definition) is 7. The molecule has 3 aromatic carbocycles. The molecule has 1 aliphatic heterocycles. The Labute approximate surface area is 209 Å². The van der Waals surface area contributed by atoms with Crippen molar-refractivity contribution in [1.82, 2.24) is 0 Å². The summed E-state index contributed by atoms with van der Waals surface area (Å²) in [7, 11) is -4.04. The monoisotopic (exact) mass is 504 g/mol. The van der Waals surface area contributed by atoms with Crippen LogP contribution in [0, 0.1) is 19.3 Å². The molecule has 36 heavy (non-hydrogen) atoms. The Morgan fingerprint density at radius 3 is 2.06 bits per heavy atom. The summed E-state index contributed by atoms with van der Waals surface area (Å²) in [5, 5.41) is -1.32. The second kappa shape index (κ2) is 10.4. The predicted octanol–water partition coefficient (Wildman–Crippen LogP) is 3.97. The largest absolute Gasteiger partial charge is 0.458 e. The summed E-state index contributed by atoms with van der Waals surface area (Å²) in [4.78, 5) is 25.3. The number of rotatable bonds is 7.